The van der Waals surface area contributed by atoms with E-state index >= 15 is 0 Å². The number of carbonyl (C=O) groups is 1. The largest absolute Gasteiger partial charge is 0.478 e. The third-order valence-corrected chi connectivity index (χ3v) is 5.44. The van der Waals surface area contributed by atoms with Crippen LogP contribution in [0.25, 0.3) is 0 Å². The third kappa shape index (κ3) is 4.89. The minimum atomic E-state index is -0.880. The van der Waals surface area contributed by atoms with Crippen LogP contribution in [-0.2, 0) is 11.3 Å². The van der Waals surface area contributed by atoms with Gasteiger partial charge in [0, 0.05) is 31.1 Å². The second-order valence-electron chi connectivity index (χ2n) is 6.38. The molecule has 5 nitrogen and oxygen atoms in total. The zero-order valence-corrected chi connectivity index (χ0v) is 15.2. The average molecular weight is 360 g/mol. The lowest BCUT2D eigenvalue weighted by molar-refractivity contribution is 0.00964. The van der Waals surface area contributed by atoms with Crippen LogP contribution in [0.4, 0.5) is 0 Å². The Balaban J connectivity index is 1.68. The second-order valence-corrected chi connectivity index (χ2v) is 7.36. The molecule has 6 heteroatoms. The number of carboxylic acid groups (broad SMARTS) is 1. The molecule has 2 heterocycles. The van der Waals surface area contributed by atoms with Crippen LogP contribution in [0.3, 0.4) is 0 Å². The fraction of sp³-hybridized carbons (Fsp3) is 0.421. The lowest BCUT2D eigenvalue weighted by Crippen LogP contribution is -2.42. The van der Waals surface area contributed by atoms with Gasteiger partial charge in [-0.25, -0.2) is 4.79 Å². The number of aromatic carboxylic acids is 1. The molecule has 3 rings (SSSR count). The lowest BCUT2D eigenvalue weighted by Gasteiger charge is -2.36. The molecule has 1 atom stereocenters. The molecule has 2 aromatic rings. The highest BCUT2D eigenvalue weighted by atomic mass is 32.1. The lowest BCUT2D eigenvalue weighted by atomic mass is 10.1. The normalized spacial score (nSPS) is 16.9. The molecule has 0 saturated carbocycles. The Hall–Kier alpha value is -1.73. The van der Waals surface area contributed by atoms with Crippen LogP contribution in [0.15, 0.2) is 41.8 Å². The van der Waals surface area contributed by atoms with Crippen LogP contribution >= 0.6 is 11.3 Å². The molecule has 0 aliphatic carbocycles. The summed E-state index contributed by atoms with van der Waals surface area (Å²) in [6.45, 7) is 5.10. The maximum Gasteiger partial charge on any atom is 0.335 e. The van der Waals surface area contributed by atoms with Crippen molar-refractivity contribution >= 4 is 17.3 Å². The number of rotatable bonds is 7. The summed E-state index contributed by atoms with van der Waals surface area (Å²) < 4.78 is 5.50. The van der Waals surface area contributed by atoms with Crippen molar-refractivity contribution in [2.45, 2.75) is 12.6 Å². The number of morpholine rings is 1. The van der Waals surface area contributed by atoms with E-state index < -0.39 is 5.97 Å². The molecule has 0 spiro atoms. The predicted octanol–water partition coefficient (Wildman–Crippen LogP) is 2.95. The van der Waals surface area contributed by atoms with E-state index in [1.54, 1.807) is 23.5 Å². The molecule has 1 aliphatic heterocycles. The highest BCUT2D eigenvalue weighted by Crippen LogP contribution is 2.27. The maximum atomic E-state index is 11.1. The molecule has 1 fully saturated rings. The minimum Gasteiger partial charge on any atom is -0.478 e. The number of benzene rings is 1. The van der Waals surface area contributed by atoms with Crippen LogP contribution in [0.5, 0.6) is 0 Å². The van der Waals surface area contributed by atoms with E-state index in [2.05, 4.69) is 34.4 Å². The van der Waals surface area contributed by atoms with Crippen molar-refractivity contribution in [3.63, 3.8) is 0 Å². The van der Waals surface area contributed by atoms with Crippen molar-refractivity contribution in [2.24, 2.45) is 0 Å². The second kappa shape index (κ2) is 8.58. The number of hydrogen-bond acceptors (Lipinski definition) is 5. The average Bonchev–Trinajstić information content (AvgIpc) is 3.15. The molecule has 1 aromatic heterocycles. The number of thiophene rings is 1. The van der Waals surface area contributed by atoms with E-state index in [1.165, 1.54) is 4.88 Å². The smallest absolute Gasteiger partial charge is 0.335 e. The van der Waals surface area contributed by atoms with Crippen molar-refractivity contribution in [3.8, 4) is 0 Å². The summed E-state index contributed by atoms with van der Waals surface area (Å²) in [7, 11) is 2.09. The predicted molar refractivity (Wildman–Crippen MR) is 99.2 cm³/mol. The van der Waals surface area contributed by atoms with Gasteiger partial charge in [-0.15, -0.1) is 11.3 Å². The molecule has 0 bridgehead atoms. The summed E-state index contributed by atoms with van der Waals surface area (Å²) in [5.74, 6) is -0.880. The summed E-state index contributed by atoms with van der Waals surface area (Å²) in [6, 6.07) is 11.8. The van der Waals surface area contributed by atoms with E-state index in [4.69, 9.17) is 9.84 Å². The molecule has 0 radical (unpaired) electrons. The Bertz CT molecular complexity index is 684. The van der Waals surface area contributed by atoms with E-state index in [9.17, 15) is 4.79 Å². The van der Waals surface area contributed by atoms with Crippen molar-refractivity contribution in [3.05, 3.63) is 57.8 Å². The van der Waals surface area contributed by atoms with Crippen LogP contribution in [0.1, 0.15) is 26.8 Å². The molecule has 1 aliphatic rings. The van der Waals surface area contributed by atoms with Crippen molar-refractivity contribution in [2.75, 3.05) is 39.9 Å². The van der Waals surface area contributed by atoms with E-state index in [0.29, 0.717) is 11.6 Å². The maximum absolute atomic E-state index is 11.1. The molecular formula is C19H24N2O3S. The van der Waals surface area contributed by atoms with Gasteiger partial charge in [0.1, 0.15) is 0 Å². The third-order valence-electron chi connectivity index (χ3n) is 4.47. The van der Waals surface area contributed by atoms with E-state index in [1.807, 2.05) is 12.1 Å². The highest BCUT2D eigenvalue weighted by molar-refractivity contribution is 7.10. The zero-order chi connectivity index (χ0) is 17.6. The number of ether oxygens (including phenoxy) is 1. The van der Waals surface area contributed by atoms with Crippen molar-refractivity contribution in [1.29, 1.82) is 0 Å². The number of nitrogens with zero attached hydrogens (tertiary/aromatic N) is 2. The Morgan fingerprint density at radius 1 is 1.32 bits per heavy atom. The monoisotopic (exact) mass is 360 g/mol. The van der Waals surface area contributed by atoms with Gasteiger partial charge in [-0.2, -0.15) is 0 Å². The molecule has 0 amide bonds. The Kier molecular flexibility index (Phi) is 6.20. The summed E-state index contributed by atoms with van der Waals surface area (Å²) in [4.78, 5) is 17.3. The standard InChI is InChI=1S/C19H24N2O3S/c1-20(13-15-4-2-5-16(12-15)19(22)23)14-17(18-6-3-11-25-18)21-7-9-24-10-8-21/h2-6,11-12,17H,7-10,13-14H2,1H3,(H,22,23). The molecule has 1 N–H and O–H groups in total. The fourth-order valence-corrected chi connectivity index (χ4v) is 4.08. The van der Waals surface area contributed by atoms with Crippen LogP contribution in [-0.4, -0.2) is 60.8 Å². The summed E-state index contributed by atoms with van der Waals surface area (Å²) in [5, 5.41) is 11.3. The topological polar surface area (TPSA) is 53.0 Å². The van der Waals surface area contributed by atoms with Gasteiger partial charge in [0.05, 0.1) is 24.8 Å². The number of likely N-dealkylation sites (N-methyl/N-ethyl adjacent to an activating group) is 1. The van der Waals surface area contributed by atoms with Gasteiger partial charge in [-0.3, -0.25) is 4.90 Å². The Morgan fingerprint density at radius 2 is 2.12 bits per heavy atom. The first-order chi connectivity index (χ1) is 12.1. The molecular weight excluding hydrogens is 336 g/mol. The molecule has 1 saturated heterocycles. The number of hydrogen-bond donors (Lipinski definition) is 1. The molecule has 1 aromatic carbocycles. The molecule has 1 unspecified atom stereocenters. The summed E-state index contributed by atoms with van der Waals surface area (Å²) >= 11 is 1.79. The van der Waals surface area contributed by atoms with Gasteiger partial charge in [-0.05, 0) is 36.2 Å². The van der Waals surface area contributed by atoms with Crippen molar-refractivity contribution < 1.29 is 14.6 Å². The quantitative estimate of drug-likeness (QED) is 0.823. The van der Waals surface area contributed by atoms with Gasteiger partial charge in [0.2, 0.25) is 0 Å². The van der Waals surface area contributed by atoms with E-state index in [-0.39, 0.29) is 0 Å². The van der Waals surface area contributed by atoms with Crippen LogP contribution in [0, 0.1) is 0 Å². The molecule has 25 heavy (non-hydrogen) atoms. The summed E-state index contributed by atoms with van der Waals surface area (Å²) in [6.07, 6.45) is 0. The first-order valence-corrected chi connectivity index (χ1v) is 9.37. The highest BCUT2D eigenvalue weighted by Gasteiger charge is 2.24. The number of carboxylic acids is 1. The molecule has 134 valence electrons. The first-order valence-electron chi connectivity index (χ1n) is 8.49. The van der Waals surface area contributed by atoms with Gasteiger partial charge < -0.3 is 14.7 Å². The van der Waals surface area contributed by atoms with Crippen LogP contribution in [0.2, 0.25) is 0 Å². The van der Waals surface area contributed by atoms with Gasteiger partial charge >= 0.3 is 5.97 Å². The first kappa shape index (κ1) is 18.1. The van der Waals surface area contributed by atoms with Gasteiger partial charge in [-0.1, -0.05) is 18.2 Å². The Morgan fingerprint density at radius 3 is 2.80 bits per heavy atom. The van der Waals surface area contributed by atoms with Gasteiger partial charge in [0.15, 0.2) is 0 Å². The van der Waals surface area contributed by atoms with Gasteiger partial charge in [0.25, 0.3) is 0 Å². The minimum absolute atomic E-state index is 0.342. The fourth-order valence-electron chi connectivity index (χ4n) is 3.23. The summed E-state index contributed by atoms with van der Waals surface area (Å²) in [5.41, 5.74) is 1.36. The zero-order valence-electron chi connectivity index (χ0n) is 14.4. The van der Waals surface area contributed by atoms with Crippen LogP contribution < -0.4 is 0 Å². The SMILES string of the molecule is CN(Cc1cccc(C(=O)O)c1)CC(c1cccs1)N1CCOCC1. The Labute approximate surface area is 152 Å². The van der Waals surface area contributed by atoms with Crippen molar-refractivity contribution in [1.82, 2.24) is 9.80 Å². The van der Waals surface area contributed by atoms with E-state index in [0.717, 1.165) is 45.0 Å².